The average Bonchev–Trinajstić information content (AvgIpc) is 2.00. The Labute approximate surface area is 70.9 Å². The summed E-state index contributed by atoms with van der Waals surface area (Å²) in [5.41, 5.74) is -2.22. The molecule has 0 heterocycles. The zero-order chi connectivity index (χ0) is 8.48. The molecule has 1 rings (SSSR count). The molecule has 2 unspecified atom stereocenters. The molecule has 1 aliphatic rings. The minimum Gasteiger partial charge on any atom is -0.236 e. The van der Waals surface area contributed by atoms with E-state index in [0.717, 1.165) is 12.2 Å². The lowest BCUT2D eigenvalue weighted by atomic mass is 9.97. The fraction of sp³-hybridized carbons (Fsp3) is 0.429. The molecule has 0 aliphatic heterocycles. The Morgan fingerprint density at radius 3 is 2.73 bits per heavy atom. The molecule has 0 N–H and O–H groups in total. The summed E-state index contributed by atoms with van der Waals surface area (Å²) in [6.45, 7) is 0. The smallest absolute Gasteiger partial charge is 0.189 e. The summed E-state index contributed by atoms with van der Waals surface area (Å²) in [5, 5.41) is -0.237. The van der Waals surface area contributed by atoms with Gasteiger partial charge in [-0.2, -0.15) is 0 Å². The highest BCUT2D eigenvalue weighted by atomic mass is 79.9. The van der Waals surface area contributed by atoms with E-state index in [-0.39, 0.29) is 5.33 Å². The highest BCUT2D eigenvalue weighted by Gasteiger charge is 2.40. The molecule has 2 atom stereocenters. The van der Waals surface area contributed by atoms with Gasteiger partial charge in [0.2, 0.25) is 0 Å². The Bertz CT molecular complexity index is 212. The van der Waals surface area contributed by atoms with Crippen LogP contribution in [0.3, 0.4) is 0 Å². The van der Waals surface area contributed by atoms with E-state index >= 15 is 0 Å². The Morgan fingerprint density at radius 2 is 2.27 bits per heavy atom. The number of halogens is 4. The van der Waals surface area contributed by atoms with E-state index in [2.05, 4.69) is 15.9 Å². The van der Waals surface area contributed by atoms with Crippen LogP contribution in [-0.2, 0) is 0 Å². The zero-order valence-electron chi connectivity index (χ0n) is 5.53. The van der Waals surface area contributed by atoms with E-state index in [0.29, 0.717) is 0 Å². The maximum Gasteiger partial charge on any atom is 0.189 e. The van der Waals surface area contributed by atoms with Gasteiger partial charge in [0.05, 0.1) is 0 Å². The minimum atomic E-state index is -2.22. The Kier molecular flexibility index (Phi) is 2.42. The first kappa shape index (κ1) is 8.84. The summed E-state index contributed by atoms with van der Waals surface area (Å²) in [7, 11) is 0. The normalized spacial score (nSPS) is 37.1. The summed E-state index contributed by atoms with van der Waals surface area (Å²) in [6, 6.07) is 0. The van der Waals surface area contributed by atoms with Crippen molar-refractivity contribution in [3.8, 4) is 0 Å². The number of alkyl halides is 3. The van der Waals surface area contributed by atoms with Crippen molar-refractivity contribution >= 4 is 15.9 Å². The minimum absolute atomic E-state index is 0.237. The van der Waals surface area contributed by atoms with E-state index in [4.69, 9.17) is 0 Å². The van der Waals surface area contributed by atoms with Crippen LogP contribution >= 0.6 is 15.9 Å². The highest BCUT2D eigenvalue weighted by molar-refractivity contribution is 9.09. The molecular weight excluding hydrogens is 221 g/mol. The van der Waals surface area contributed by atoms with E-state index in [9.17, 15) is 13.2 Å². The van der Waals surface area contributed by atoms with E-state index in [1.54, 1.807) is 0 Å². The van der Waals surface area contributed by atoms with Gasteiger partial charge < -0.3 is 0 Å². The maximum atomic E-state index is 13.2. The first-order chi connectivity index (χ1) is 5.10. The molecule has 0 nitrogen and oxygen atoms in total. The number of hydrogen-bond acceptors (Lipinski definition) is 0. The van der Waals surface area contributed by atoms with Crippen molar-refractivity contribution in [2.24, 2.45) is 0 Å². The Morgan fingerprint density at radius 1 is 1.64 bits per heavy atom. The third-order valence-electron chi connectivity index (χ3n) is 1.50. The van der Waals surface area contributed by atoms with Crippen molar-refractivity contribution in [2.75, 3.05) is 5.33 Å². The maximum absolute atomic E-state index is 13.2. The third kappa shape index (κ3) is 1.50. The van der Waals surface area contributed by atoms with E-state index in [1.807, 2.05) is 0 Å². The van der Waals surface area contributed by atoms with Gasteiger partial charge in [-0.05, 0) is 12.2 Å². The molecule has 0 aromatic rings. The first-order valence-electron chi connectivity index (χ1n) is 3.04. The van der Waals surface area contributed by atoms with Crippen molar-refractivity contribution in [2.45, 2.75) is 11.8 Å². The van der Waals surface area contributed by atoms with Gasteiger partial charge in [0.1, 0.15) is 5.83 Å². The topological polar surface area (TPSA) is 0 Å². The van der Waals surface area contributed by atoms with Crippen molar-refractivity contribution < 1.29 is 13.2 Å². The second kappa shape index (κ2) is 3.01. The average molecular weight is 227 g/mol. The van der Waals surface area contributed by atoms with Gasteiger partial charge >= 0.3 is 0 Å². The van der Waals surface area contributed by atoms with Crippen molar-refractivity contribution in [1.82, 2.24) is 0 Å². The van der Waals surface area contributed by atoms with Crippen LogP contribution in [0.25, 0.3) is 0 Å². The van der Waals surface area contributed by atoms with Gasteiger partial charge in [-0.1, -0.05) is 22.0 Å². The third-order valence-corrected chi connectivity index (χ3v) is 2.36. The molecule has 62 valence electrons. The molecule has 0 saturated carbocycles. The first-order valence-corrected chi connectivity index (χ1v) is 4.16. The lowest BCUT2D eigenvalue weighted by Crippen LogP contribution is -2.36. The molecule has 0 aromatic carbocycles. The largest absolute Gasteiger partial charge is 0.236 e. The Hall–Kier alpha value is -0.250. The molecule has 11 heavy (non-hydrogen) atoms. The summed E-state index contributed by atoms with van der Waals surface area (Å²) in [5.74, 6) is -1.06. The molecule has 0 amide bonds. The van der Waals surface area contributed by atoms with Crippen molar-refractivity contribution in [1.29, 1.82) is 0 Å². The summed E-state index contributed by atoms with van der Waals surface area (Å²) in [6.07, 6.45) is 0.930. The number of allylic oxidation sites excluding steroid dienone is 4. The second-order valence-electron chi connectivity index (χ2n) is 2.33. The Balaban J connectivity index is 2.88. The predicted octanol–water partition coefficient (Wildman–Crippen LogP) is 2.85. The molecule has 0 aromatic heterocycles. The van der Waals surface area contributed by atoms with Crippen LogP contribution in [0.2, 0.25) is 0 Å². The fourth-order valence-electron chi connectivity index (χ4n) is 0.810. The summed E-state index contributed by atoms with van der Waals surface area (Å²) in [4.78, 5) is 0. The monoisotopic (exact) mass is 226 g/mol. The molecule has 1 aliphatic carbocycles. The van der Waals surface area contributed by atoms with E-state index < -0.39 is 17.7 Å². The number of hydrogen-bond donors (Lipinski definition) is 0. The van der Waals surface area contributed by atoms with Crippen LogP contribution in [0.4, 0.5) is 13.2 Å². The van der Waals surface area contributed by atoms with Crippen LogP contribution in [0, 0.1) is 0 Å². The lowest BCUT2D eigenvalue weighted by molar-refractivity contribution is 0.123. The van der Waals surface area contributed by atoms with Crippen LogP contribution in [0.1, 0.15) is 0 Å². The zero-order valence-corrected chi connectivity index (χ0v) is 7.11. The SMILES string of the molecule is FC1=CC=CC(F)(CBr)C1F. The van der Waals surface area contributed by atoms with E-state index in [1.165, 1.54) is 6.08 Å². The van der Waals surface area contributed by atoms with Crippen LogP contribution in [-0.4, -0.2) is 17.2 Å². The van der Waals surface area contributed by atoms with Gasteiger partial charge in [-0.3, -0.25) is 0 Å². The second-order valence-corrected chi connectivity index (χ2v) is 2.89. The van der Waals surface area contributed by atoms with Crippen LogP contribution in [0.15, 0.2) is 24.1 Å². The summed E-state index contributed by atoms with van der Waals surface area (Å²) < 4.78 is 38.3. The number of rotatable bonds is 1. The summed E-state index contributed by atoms with van der Waals surface area (Å²) >= 11 is 2.77. The van der Waals surface area contributed by atoms with Gasteiger partial charge in [-0.15, -0.1) is 0 Å². The molecule has 0 fully saturated rings. The lowest BCUT2D eigenvalue weighted by Gasteiger charge is -2.24. The quantitative estimate of drug-likeness (QED) is 0.604. The fourth-order valence-corrected chi connectivity index (χ4v) is 1.28. The standard InChI is InChI=1S/C7H6BrF3/c8-4-7(11)3-1-2-5(9)6(7)10/h1-3,6H,4H2. The van der Waals surface area contributed by atoms with Gasteiger partial charge in [0.15, 0.2) is 11.8 Å². The molecule has 0 radical (unpaired) electrons. The van der Waals surface area contributed by atoms with Crippen LogP contribution < -0.4 is 0 Å². The predicted molar refractivity (Wildman–Crippen MR) is 40.9 cm³/mol. The molecule has 4 heteroatoms. The van der Waals surface area contributed by atoms with Crippen molar-refractivity contribution in [3.05, 3.63) is 24.1 Å². The van der Waals surface area contributed by atoms with Gasteiger partial charge in [-0.25, -0.2) is 13.2 Å². The highest BCUT2D eigenvalue weighted by Crippen LogP contribution is 2.32. The molecule has 0 bridgehead atoms. The molecule has 0 saturated heterocycles. The van der Waals surface area contributed by atoms with Crippen LogP contribution in [0.5, 0.6) is 0 Å². The molecule has 0 spiro atoms. The van der Waals surface area contributed by atoms with Gasteiger partial charge in [0, 0.05) is 5.33 Å². The molecular formula is C7H6BrF3. The van der Waals surface area contributed by atoms with Gasteiger partial charge in [0.25, 0.3) is 0 Å². The van der Waals surface area contributed by atoms with Crippen molar-refractivity contribution in [3.63, 3.8) is 0 Å².